The van der Waals surface area contributed by atoms with E-state index in [0.717, 1.165) is 32.7 Å². The standard InChI is InChI=1S/C20H27N5O2/c1-23-9-11-25(12-10-23)20-22-18-15(3-2-4-17(18)27-20)19(26)21-16-13-24-7-5-14(16)6-8-24/h2-4,14,16H,5-13H2,1H3,(H,21,26)/t16-/m1/s1. The van der Waals surface area contributed by atoms with Gasteiger partial charge in [0.1, 0.15) is 5.52 Å². The second-order valence-corrected chi connectivity index (χ2v) is 8.16. The number of hydrogen-bond acceptors (Lipinski definition) is 6. The molecular weight excluding hydrogens is 342 g/mol. The Morgan fingerprint density at radius 2 is 1.93 bits per heavy atom. The van der Waals surface area contributed by atoms with Crippen molar-refractivity contribution in [3.05, 3.63) is 23.8 Å². The fourth-order valence-corrected chi connectivity index (χ4v) is 4.63. The zero-order valence-electron chi connectivity index (χ0n) is 15.9. The SMILES string of the molecule is CN1CCN(c2nc3c(C(=O)N[C@@H]4CN5CCC4CC5)cccc3o2)CC1. The minimum absolute atomic E-state index is 0.0300. The number of fused-ring (bicyclic) bond motifs is 4. The highest BCUT2D eigenvalue weighted by molar-refractivity contribution is 6.04. The van der Waals surface area contributed by atoms with Crippen molar-refractivity contribution in [3.63, 3.8) is 0 Å². The number of aromatic nitrogens is 1. The molecule has 6 rings (SSSR count). The Labute approximate surface area is 159 Å². The molecule has 4 saturated heterocycles. The van der Waals surface area contributed by atoms with Crippen molar-refractivity contribution in [1.29, 1.82) is 0 Å². The molecule has 27 heavy (non-hydrogen) atoms. The first-order valence-electron chi connectivity index (χ1n) is 10.0. The molecule has 4 aliphatic rings. The van der Waals surface area contributed by atoms with Crippen LogP contribution in [0.2, 0.25) is 0 Å². The zero-order valence-corrected chi connectivity index (χ0v) is 15.9. The van der Waals surface area contributed by atoms with Gasteiger partial charge >= 0.3 is 0 Å². The highest BCUT2D eigenvalue weighted by Gasteiger charge is 2.35. The van der Waals surface area contributed by atoms with Gasteiger partial charge in [-0.1, -0.05) is 6.07 Å². The molecule has 1 aromatic carbocycles. The van der Waals surface area contributed by atoms with Crippen LogP contribution in [0.1, 0.15) is 23.2 Å². The molecule has 0 spiro atoms. The summed E-state index contributed by atoms with van der Waals surface area (Å²) < 4.78 is 5.98. The molecule has 5 heterocycles. The fourth-order valence-electron chi connectivity index (χ4n) is 4.63. The van der Waals surface area contributed by atoms with Crippen LogP contribution in [-0.4, -0.2) is 79.6 Å². The van der Waals surface area contributed by atoms with Gasteiger partial charge in [0.25, 0.3) is 11.9 Å². The third-order valence-electron chi connectivity index (χ3n) is 6.40. The normalized spacial score (nSPS) is 28.6. The Kier molecular flexibility index (Phi) is 4.28. The lowest BCUT2D eigenvalue weighted by molar-refractivity contribution is 0.0621. The van der Waals surface area contributed by atoms with Crippen LogP contribution in [0.3, 0.4) is 0 Å². The maximum atomic E-state index is 13.0. The Morgan fingerprint density at radius 3 is 2.63 bits per heavy atom. The van der Waals surface area contributed by atoms with Crippen LogP contribution in [0.4, 0.5) is 6.01 Å². The smallest absolute Gasteiger partial charge is 0.298 e. The maximum absolute atomic E-state index is 13.0. The molecule has 0 saturated carbocycles. The number of para-hydroxylation sites is 1. The lowest BCUT2D eigenvalue weighted by atomic mass is 9.84. The fraction of sp³-hybridized carbons (Fsp3) is 0.600. The van der Waals surface area contributed by atoms with Crippen LogP contribution in [0.15, 0.2) is 22.6 Å². The van der Waals surface area contributed by atoms with Crippen molar-refractivity contribution >= 4 is 23.0 Å². The molecule has 4 fully saturated rings. The van der Waals surface area contributed by atoms with Gasteiger partial charge < -0.3 is 24.4 Å². The highest BCUT2D eigenvalue weighted by Crippen LogP contribution is 2.29. The Hall–Kier alpha value is -2.12. The van der Waals surface area contributed by atoms with Crippen LogP contribution in [0, 0.1) is 5.92 Å². The number of anilines is 1. The van der Waals surface area contributed by atoms with E-state index in [1.165, 1.54) is 25.9 Å². The molecule has 2 aromatic rings. The van der Waals surface area contributed by atoms with E-state index < -0.39 is 0 Å². The number of piperazine rings is 1. The van der Waals surface area contributed by atoms with Crippen LogP contribution >= 0.6 is 0 Å². The maximum Gasteiger partial charge on any atom is 0.298 e. The van der Waals surface area contributed by atoms with Gasteiger partial charge in [-0.3, -0.25) is 4.79 Å². The lowest BCUT2D eigenvalue weighted by Crippen LogP contribution is -2.57. The number of benzene rings is 1. The monoisotopic (exact) mass is 369 g/mol. The molecule has 2 bridgehead atoms. The van der Waals surface area contributed by atoms with Crippen molar-refractivity contribution < 1.29 is 9.21 Å². The largest absolute Gasteiger partial charge is 0.423 e. The molecule has 1 aromatic heterocycles. The third kappa shape index (κ3) is 3.19. The van der Waals surface area contributed by atoms with Crippen LogP contribution in [0.5, 0.6) is 0 Å². The topological polar surface area (TPSA) is 64.8 Å². The Morgan fingerprint density at radius 1 is 1.15 bits per heavy atom. The molecule has 1 N–H and O–H groups in total. The summed E-state index contributed by atoms with van der Waals surface area (Å²) in [5.41, 5.74) is 1.98. The summed E-state index contributed by atoms with van der Waals surface area (Å²) in [7, 11) is 2.13. The van der Waals surface area contributed by atoms with Gasteiger partial charge in [-0.2, -0.15) is 4.98 Å². The molecule has 1 amide bonds. The van der Waals surface area contributed by atoms with Crippen molar-refractivity contribution in [1.82, 2.24) is 20.1 Å². The van der Waals surface area contributed by atoms with Crippen LogP contribution in [0.25, 0.3) is 11.1 Å². The number of carbonyl (C=O) groups is 1. The third-order valence-corrected chi connectivity index (χ3v) is 6.40. The quantitative estimate of drug-likeness (QED) is 0.882. The van der Waals surface area contributed by atoms with Gasteiger partial charge in [0, 0.05) is 38.8 Å². The zero-order chi connectivity index (χ0) is 18.4. The van der Waals surface area contributed by atoms with E-state index in [4.69, 9.17) is 9.40 Å². The van der Waals surface area contributed by atoms with Gasteiger partial charge in [0.2, 0.25) is 0 Å². The van der Waals surface area contributed by atoms with Crippen molar-refractivity contribution in [2.75, 3.05) is 57.8 Å². The summed E-state index contributed by atoms with van der Waals surface area (Å²) in [6, 6.07) is 6.51. The van der Waals surface area contributed by atoms with Gasteiger partial charge in [-0.05, 0) is 51.0 Å². The average Bonchev–Trinajstić information content (AvgIpc) is 3.13. The van der Waals surface area contributed by atoms with E-state index in [0.29, 0.717) is 28.6 Å². The van der Waals surface area contributed by atoms with Crippen LogP contribution in [-0.2, 0) is 0 Å². The molecule has 0 unspecified atom stereocenters. The number of carbonyl (C=O) groups excluding carboxylic acids is 1. The minimum atomic E-state index is -0.0300. The van der Waals surface area contributed by atoms with E-state index in [2.05, 4.69) is 27.1 Å². The van der Waals surface area contributed by atoms with E-state index in [9.17, 15) is 4.79 Å². The number of piperidine rings is 3. The molecule has 144 valence electrons. The van der Waals surface area contributed by atoms with Crippen molar-refractivity contribution in [2.24, 2.45) is 5.92 Å². The van der Waals surface area contributed by atoms with Gasteiger partial charge in [0.05, 0.1) is 5.56 Å². The minimum Gasteiger partial charge on any atom is -0.423 e. The first kappa shape index (κ1) is 17.0. The molecule has 1 atom stereocenters. The van der Waals surface area contributed by atoms with E-state index in [1.54, 1.807) is 0 Å². The lowest BCUT2D eigenvalue weighted by Gasteiger charge is -2.44. The van der Waals surface area contributed by atoms with Gasteiger partial charge in [-0.25, -0.2) is 0 Å². The number of oxazole rings is 1. The predicted octanol–water partition coefficient (Wildman–Crippen LogP) is 1.40. The number of rotatable bonds is 3. The predicted molar refractivity (Wildman–Crippen MR) is 104 cm³/mol. The van der Waals surface area contributed by atoms with E-state index in [1.807, 2.05) is 18.2 Å². The molecule has 0 aliphatic carbocycles. The number of hydrogen-bond donors (Lipinski definition) is 1. The molecular formula is C20H27N5O2. The molecule has 4 aliphatic heterocycles. The number of nitrogens with one attached hydrogen (secondary N) is 1. The summed E-state index contributed by atoms with van der Waals surface area (Å²) in [5, 5.41) is 3.27. The van der Waals surface area contributed by atoms with Gasteiger partial charge in [0.15, 0.2) is 5.58 Å². The second-order valence-electron chi connectivity index (χ2n) is 8.16. The van der Waals surface area contributed by atoms with Gasteiger partial charge in [-0.15, -0.1) is 0 Å². The number of nitrogens with zero attached hydrogens (tertiary/aromatic N) is 4. The molecule has 7 heteroatoms. The van der Waals surface area contributed by atoms with Crippen molar-refractivity contribution in [3.8, 4) is 0 Å². The molecule has 0 radical (unpaired) electrons. The summed E-state index contributed by atoms with van der Waals surface area (Å²) in [6.07, 6.45) is 2.37. The Balaban J connectivity index is 1.37. The Bertz CT molecular complexity index is 834. The number of amides is 1. The summed E-state index contributed by atoms with van der Waals surface area (Å²) in [6.45, 7) is 7.08. The van der Waals surface area contributed by atoms with E-state index >= 15 is 0 Å². The summed E-state index contributed by atoms with van der Waals surface area (Å²) in [5.74, 6) is 0.578. The first-order valence-corrected chi connectivity index (χ1v) is 10.0. The van der Waals surface area contributed by atoms with E-state index in [-0.39, 0.29) is 11.9 Å². The first-order chi connectivity index (χ1) is 13.2. The number of likely N-dealkylation sites (N-methyl/N-ethyl adjacent to an activating group) is 1. The highest BCUT2D eigenvalue weighted by atomic mass is 16.4. The molecule has 7 nitrogen and oxygen atoms in total. The average molecular weight is 369 g/mol. The van der Waals surface area contributed by atoms with Crippen molar-refractivity contribution in [2.45, 2.75) is 18.9 Å². The second kappa shape index (κ2) is 6.80. The summed E-state index contributed by atoms with van der Waals surface area (Å²) >= 11 is 0. The van der Waals surface area contributed by atoms with Crippen LogP contribution < -0.4 is 10.2 Å². The summed E-state index contributed by atoms with van der Waals surface area (Å²) in [4.78, 5) is 24.6.